The number of pyridine rings is 1. The second kappa shape index (κ2) is 7.57. The van der Waals surface area contributed by atoms with Crippen molar-refractivity contribution in [3.63, 3.8) is 0 Å². The lowest BCUT2D eigenvalue weighted by atomic mass is 9.49. The van der Waals surface area contributed by atoms with E-state index >= 15 is 0 Å². The number of carbonyl (C=O) groups excluding carboxylic acids is 2. The highest BCUT2D eigenvalue weighted by molar-refractivity contribution is 5.94. The minimum Gasteiger partial charge on any atom is -0.337 e. The molecule has 6 heteroatoms. The number of nitrogens with one attached hydrogen (secondary N) is 1. The van der Waals surface area contributed by atoms with Crippen LogP contribution in [-0.2, 0) is 4.79 Å². The van der Waals surface area contributed by atoms with Crippen molar-refractivity contribution in [3.8, 4) is 0 Å². The Morgan fingerprint density at radius 3 is 2.45 bits per heavy atom. The molecule has 1 saturated heterocycles. The van der Waals surface area contributed by atoms with E-state index in [9.17, 15) is 9.59 Å². The maximum atomic E-state index is 13.2. The highest BCUT2D eigenvalue weighted by atomic mass is 16.2. The van der Waals surface area contributed by atoms with Gasteiger partial charge >= 0.3 is 0 Å². The fourth-order valence-corrected chi connectivity index (χ4v) is 8.01. The molecule has 6 nitrogen and oxygen atoms in total. The lowest BCUT2D eigenvalue weighted by Crippen LogP contribution is -2.47. The van der Waals surface area contributed by atoms with E-state index in [-0.39, 0.29) is 22.6 Å². The maximum Gasteiger partial charge on any atom is 0.274 e. The molecule has 1 N–H and O–H groups in total. The standard InChI is InChI=1S/C27H36N4O2/c1-26(2)7-4-8-30(17-26)25(33)21-16-31-22(28-21)5-3-6-23(31)29-24(32)15-27-12-18-9-19(13-27)11-20(10-18)14-27/h3,5-6,16,18-20H,4,7-15,17H2,1-2H3,(H,29,32). The smallest absolute Gasteiger partial charge is 0.274 e. The molecular formula is C27H36N4O2. The number of anilines is 1. The van der Waals surface area contributed by atoms with E-state index in [1.807, 2.05) is 27.5 Å². The summed E-state index contributed by atoms with van der Waals surface area (Å²) in [5, 5.41) is 3.16. The van der Waals surface area contributed by atoms with Crippen molar-refractivity contribution in [2.75, 3.05) is 18.4 Å². The van der Waals surface area contributed by atoms with E-state index in [0.717, 1.165) is 43.7 Å². The minimum absolute atomic E-state index is 0.0164. The van der Waals surface area contributed by atoms with Crippen molar-refractivity contribution < 1.29 is 9.59 Å². The maximum absolute atomic E-state index is 13.2. The Morgan fingerprint density at radius 1 is 1.09 bits per heavy atom. The number of imidazole rings is 1. The van der Waals surface area contributed by atoms with Gasteiger partial charge in [0, 0.05) is 25.7 Å². The summed E-state index contributed by atoms with van der Waals surface area (Å²) in [7, 11) is 0. The number of hydrogen-bond acceptors (Lipinski definition) is 3. The number of hydrogen-bond donors (Lipinski definition) is 1. The number of carbonyl (C=O) groups is 2. The van der Waals surface area contributed by atoms with Crippen LogP contribution >= 0.6 is 0 Å². The first kappa shape index (κ1) is 21.2. The summed E-state index contributed by atoms with van der Waals surface area (Å²) in [6.07, 6.45) is 12.4. The zero-order valence-electron chi connectivity index (χ0n) is 20.0. The van der Waals surface area contributed by atoms with E-state index in [2.05, 4.69) is 24.1 Å². The van der Waals surface area contributed by atoms with Gasteiger partial charge in [-0.3, -0.25) is 14.0 Å². The molecule has 2 amide bonds. The first-order valence-electron chi connectivity index (χ1n) is 12.8. The molecule has 2 aromatic heterocycles. The van der Waals surface area contributed by atoms with Crippen LogP contribution in [0.25, 0.3) is 5.65 Å². The number of fused-ring (bicyclic) bond motifs is 1. The predicted molar refractivity (Wildman–Crippen MR) is 128 cm³/mol. The summed E-state index contributed by atoms with van der Waals surface area (Å²) in [6.45, 7) is 5.97. The molecule has 0 atom stereocenters. The van der Waals surface area contributed by atoms with E-state index in [1.54, 1.807) is 6.20 Å². The van der Waals surface area contributed by atoms with Crippen LogP contribution in [0.1, 0.15) is 82.1 Å². The Labute approximate surface area is 196 Å². The van der Waals surface area contributed by atoms with E-state index in [1.165, 1.54) is 38.5 Å². The normalized spacial score (nSPS) is 32.3. The Kier molecular flexibility index (Phi) is 4.86. The molecule has 1 aliphatic heterocycles. The van der Waals surface area contributed by atoms with Crippen LogP contribution in [0.3, 0.4) is 0 Å². The molecule has 4 bridgehead atoms. The van der Waals surface area contributed by atoms with Crippen LogP contribution < -0.4 is 5.32 Å². The lowest BCUT2D eigenvalue weighted by Gasteiger charge is -2.56. The average molecular weight is 449 g/mol. The molecule has 2 aromatic rings. The fraction of sp³-hybridized carbons (Fsp3) is 0.667. The molecule has 4 aliphatic carbocycles. The second-order valence-electron chi connectivity index (χ2n) is 12.4. The van der Waals surface area contributed by atoms with Gasteiger partial charge in [-0.05, 0) is 92.1 Å². The van der Waals surface area contributed by atoms with Crippen LogP contribution in [0, 0.1) is 28.6 Å². The van der Waals surface area contributed by atoms with Gasteiger partial charge in [-0.2, -0.15) is 0 Å². The molecule has 5 fully saturated rings. The average Bonchev–Trinajstić information content (AvgIpc) is 3.16. The fourth-order valence-electron chi connectivity index (χ4n) is 8.01. The zero-order chi connectivity index (χ0) is 22.8. The van der Waals surface area contributed by atoms with Crippen molar-refractivity contribution in [2.24, 2.45) is 28.6 Å². The summed E-state index contributed by atoms with van der Waals surface area (Å²) in [5.41, 5.74) is 1.51. The molecule has 176 valence electrons. The third-order valence-electron chi connectivity index (χ3n) is 8.87. The van der Waals surface area contributed by atoms with Crippen molar-refractivity contribution >= 4 is 23.3 Å². The Bertz CT molecular complexity index is 1070. The topological polar surface area (TPSA) is 66.7 Å². The Hall–Kier alpha value is -2.37. The van der Waals surface area contributed by atoms with Gasteiger partial charge in [-0.15, -0.1) is 0 Å². The summed E-state index contributed by atoms with van der Waals surface area (Å²) >= 11 is 0. The monoisotopic (exact) mass is 448 g/mol. The van der Waals surface area contributed by atoms with Gasteiger partial charge in [0.05, 0.1) is 0 Å². The number of piperidine rings is 1. The van der Waals surface area contributed by atoms with Crippen molar-refractivity contribution in [3.05, 3.63) is 30.1 Å². The number of amides is 2. The van der Waals surface area contributed by atoms with Crippen molar-refractivity contribution in [2.45, 2.75) is 71.6 Å². The van der Waals surface area contributed by atoms with Gasteiger partial charge in [-0.1, -0.05) is 19.9 Å². The molecule has 0 spiro atoms. The molecule has 33 heavy (non-hydrogen) atoms. The highest BCUT2D eigenvalue weighted by Crippen LogP contribution is 2.61. The number of nitrogens with zero attached hydrogens (tertiary/aromatic N) is 3. The van der Waals surface area contributed by atoms with Gasteiger partial charge in [0.2, 0.25) is 5.91 Å². The molecule has 3 heterocycles. The van der Waals surface area contributed by atoms with Crippen LogP contribution in [0.2, 0.25) is 0 Å². The summed E-state index contributed by atoms with van der Waals surface area (Å²) in [6, 6.07) is 5.71. The number of rotatable bonds is 4. The van der Waals surface area contributed by atoms with Crippen molar-refractivity contribution in [1.29, 1.82) is 0 Å². The molecule has 5 aliphatic rings. The number of aromatic nitrogens is 2. The zero-order valence-corrected chi connectivity index (χ0v) is 20.0. The summed E-state index contributed by atoms with van der Waals surface area (Å²) < 4.78 is 1.86. The van der Waals surface area contributed by atoms with Gasteiger partial charge in [0.1, 0.15) is 17.2 Å². The summed E-state index contributed by atoms with van der Waals surface area (Å²) in [4.78, 5) is 32.9. The molecule has 4 saturated carbocycles. The highest BCUT2D eigenvalue weighted by Gasteiger charge is 2.51. The quantitative estimate of drug-likeness (QED) is 0.704. The van der Waals surface area contributed by atoms with Crippen LogP contribution in [-0.4, -0.2) is 39.2 Å². The van der Waals surface area contributed by atoms with Gasteiger partial charge in [0.15, 0.2) is 0 Å². The first-order chi connectivity index (χ1) is 15.8. The molecule has 0 aromatic carbocycles. The Balaban J connectivity index is 1.19. The van der Waals surface area contributed by atoms with E-state index < -0.39 is 0 Å². The van der Waals surface area contributed by atoms with E-state index in [4.69, 9.17) is 0 Å². The predicted octanol–water partition coefficient (Wildman–Crippen LogP) is 5.14. The van der Waals surface area contributed by atoms with E-state index in [0.29, 0.717) is 23.6 Å². The lowest BCUT2D eigenvalue weighted by molar-refractivity contribution is -0.124. The molecule has 0 radical (unpaired) electrons. The molecule has 7 rings (SSSR count). The Morgan fingerprint density at radius 2 is 1.79 bits per heavy atom. The third-order valence-corrected chi connectivity index (χ3v) is 8.87. The molecule has 0 unspecified atom stereocenters. The van der Waals surface area contributed by atoms with Crippen molar-refractivity contribution in [1.82, 2.24) is 14.3 Å². The largest absolute Gasteiger partial charge is 0.337 e. The van der Waals surface area contributed by atoms with Crippen LogP contribution in [0.4, 0.5) is 5.82 Å². The minimum atomic E-state index is -0.0164. The van der Waals surface area contributed by atoms with Gasteiger partial charge in [0.25, 0.3) is 5.91 Å². The molecular weight excluding hydrogens is 412 g/mol. The second-order valence-corrected chi connectivity index (χ2v) is 12.4. The van der Waals surface area contributed by atoms with Gasteiger partial charge < -0.3 is 10.2 Å². The number of likely N-dealkylation sites (tertiary alicyclic amines) is 1. The SMILES string of the molecule is CC1(C)CCCN(C(=O)c2cn3c(NC(=O)CC45CC6CC(CC(C6)C4)C5)cccc3n2)C1. The third kappa shape index (κ3) is 3.95. The summed E-state index contributed by atoms with van der Waals surface area (Å²) in [5.74, 6) is 3.31. The first-order valence-corrected chi connectivity index (χ1v) is 12.8. The van der Waals surface area contributed by atoms with Crippen LogP contribution in [0.5, 0.6) is 0 Å². The van der Waals surface area contributed by atoms with Crippen LogP contribution in [0.15, 0.2) is 24.4 Å². The van der Waals surface area contributed by atoms with Gasteiger partial charge in [-0.25, -0.2) is 4.98 Å².